The molecule has 0 amide bonds. The summed E-state index contributed by atoms with van der Waals surface area (Å²) < 4.78 is 52.7. The van der Waals surface area contributed by atoms with Gasteiger partial charge in [-0.3, -0.25) is 0 Å². The summed E-state index contributed by atoms with van der Waals surface area (Å²) in [7, 11) is 3.20. The lowest BCUT2D eigenvalue weighted by atomic mass is 10.1. The number of carbonyl (C=O) groups is 1. The van der Waals surface area contributed by atoms with Crippen LogP contribution in [-0.2, 0) is 10.9 Å². The van der Waals surface area contributed by atoms with Crippen LogP contribution in [0.3, 0.4) is 0 Å². The van der Waals surface area contributed by atoms with Crippen molar-refractivity contribution in [2.75, 3.05) is 32.6 Å². The molecule has 4 aromatic rings. The number of benzene rings is 1. The summed E-state index contributed by atoms with van der Waals surface area (Å²) in [6, 6.07) is 7.67. The molecule has 1 aromatic carbocycles. The first-order chi connectivity index (χ1) is 19.9. The molecular weight excluding hydrogens is 575 g/mol. The Hall–Kier alpha value is -4.23. The van der Waals surface area contributed by atoms with Crippen LogP contribution in [0.4, 0.5) is 24.8 Å². The smallest absolute Gasteiger partial charge is 0.435 e. The number of methoxy groups -OCH3 is 1. The van der Waals surface area contributed by atoms with Gasteiger partial charge in [0.1, 0.15) is 11.7 Å². The van der Waals surface area contributed by atoms with Gasteiger partial charge in [0.2, 0.25) is 11.8 Å². The summed E-state index contributed by atoms with van der Waals surface area (Å²) >= 11 is 6.25. The van der Waals surface area contributed by atoms with Crippen molar-refractivity contribution >= 4 is 29.2 Å². The highest BCUT2D eigenvalue weighted by atomic mass is 35.5. The van der Waals surface area contributed by atoms with Crippen LogP contribution in [0.2, 0.25) is 5.02 Å². The van der Waals surface area contributed by atoms with E-state index < -0.39 is 17.8 Å². The molecule has 14 heteroatoms. The van der Waals surface area contributed by atoms with Crippen molar-refractivity contribution in [1.29, 1.82) is 0 Å². The second-order valence-electron chi connectivity index (χ2n) is 9.96. The molecule has 1 N–H and O–H groups in total. The summed E-state index contributed by atoms with van der Waals surface area (Å²) in [6.07, 6.45) is -1.21. The molecule has 10 nitrogen and oxygen atoms in total. The van der Waals surface area contributed by atoms with E-state index in [0.717, 1.165) is 29.3 Å². The number of pyridine rings is 1. The van der Waals surface area contributed by atoms with Gasteiger partial charge in [0.05, 0.1) is 7.11 Å². The number of likely N-dealkylation sites (tertiary alicyclic amines) is 1. The molecule has 0 bridgehead atoms. The Labute approximate surface area is 244 Å². The first-order valence-corrected chi connectivity index (χ1v) is 13.3. The number of nitrogens with one attached hydrogen (secondary N) is 1. The highest BCUT2D eigenvalue weighted by molar-refractivity contribution is 6.31. The molecule has 220 valence electrons. The predicted octanol–water partition coefficient (Wildman–Crippen LogP) is 5.63. The van der Waals surface area contributed by atoms with Crippen LogP contribution in [0.5, 0.6) is 5.88 Å². The van der Waals surface area contributed by atoms with Crippen LogP contribution in [-0.4, -0.2) is 69.0 Å². The molecule has 1 unspecified atom stereocenters. The van der Waals surface area contributed by atoms with Crippen LogP contribution in [0.1, 0.15) is 33.7 Å². The zero-order valence-electron chi connectivity index (χ0n) is 23.2. The molecular formula is C28H27ClF3N7O3. The van der Waals surface area contributed by atoms with Crippen LogP contribution in [0.25, 0.3) is 16.9 Å². The maximum absolute atomic E-state index is 13.6. The van der Waals surface area contributed by atoms with E-state index in [2.05, 4.69) is 30.3 Å². The summed E-state index contributed by atoms with van der Waals surface area (Å²) in [5, 5.41) is 7.33. The van der Waals surface area contributed by atoms with Crippen molar-refractivity contribution in [3.63, 3.8) is 0 Å². The number of rotatable bonds is 7. The van der Waals surface area contributed by atoms with E-state index >= 15 is 0 Å². The number of likely N-dealkylation sites (N-methyl/N-ethyl adjacent to an activating group) is 1. The van der Waals surface area contributed by atoms with E-state index in [1.54, 1.807) is 18.2 Å². The Morgan fingerprint density at radius 2 is 1.93 bits per heavy atom. The largest absolute Gasteiger partial charge is 0.472 e. The molecule has 1 saturated heterocycles. The van der Waals surface area contributed by atoms with Gasteiger partial charge in [0.25, 0.3) is 0 Å². The molecule has 5 rings (SSSR count). The fraction of sp³-hybridized carbons (Fsp3) is 0.321. The second-order valence-corrected chi connectivity index (χ2v) is 10.4. The first-order valence-electron chi connectivity index (χ1n) is 12.9. The van der Waals surface area contributed by atoms with E-state index in [-0.39, 0.29) is 40.6 Å². The van der Waals surface area contributed by atoms with E-state index in [1.807, 2.05) is 14.0 Å². The average Bonchev–Trinajstić information content (AvgIpc) is 3.55. The number of aromatic nitrogens is 5. The van der Waals surface area contributed by atoms with Gasteiger partial charge < -0.3 is 19.7 Å². The molecule has 3 aromatic heterocycles. The summed E-state index contributed by atoms with van der Waals surface area (Å²) in [5.74, 6) is -0.471. The number of carbonyl (C=O) groups excluding carboxylic acids is 1. The topological polar surface area (TPSA) is 107 Å². The van der Waals surface area contributed by atoms with Crippen LogP contribution in [0.15, 0.2) is 42.7 Å². The van der Waals surface area contributed by atoms with E-state index in [1.165, 1.54) is 32.5 Å². The molecule has 1 atom stereocenters. The van der Waals surface area contributed by atoms with Gasteiger partial charge in [-0.25, -0.2) is 19.4 Å². The van der Waals surface area contributed by atoms with Crippen molar-refractivity contribution in [2.24, 2.45) is 0 Å². The third-order valence-corrected chi connectivity index (χ3v) is 7.18. The third kappa shape index (κ3) is 6.16. The van der Waals surface area contributed by atoms with Crippen LogP contribution in [0, 0.1) is 13.8 Å². The van der Waals surface area contributed by atoms with Crippen molar-refractivity contribution in [1.82, 2.24) is 29.6 Å². The standard InChI is InChI=1S/C28H27ClF3N7O3/c1-15-5-6-18(11-22(15)29)35-27-34-13-21(24(36-27)39-16(2)9-23(37-39)28(30,31)32)17-10-20(26(40)41-4)25(33-12-17)42-19-7-8-38(3)14-19/h5-6,9-13,19H,7-8,14H2,1-4H3,(H,34,35,36). The Bertz CT molecular complexity index is 1640. The molecule has 42 heavy (non-hydrogen) atoms. The number of hydrogen-bond acceptors (Lipinski definition) is 9. The summed E-state index contributed by atoms with van der Waals surface area (Å²) in [4.78, 5) is 28.1. The number of alkyl halides is 3. The van der Waals surface area contributed by atoms with Crippen molar-refractivity contribution in [3.8, 4) is 22.8 Å². The Kier molecular flexibility index (Phi) is 8.06. The minimum absolute atomic E-state index is 0.0300. The second kappa shape index (κ2) is 11.6. The lowest BCUT2D eigenvalue weighted by Crippen LogP contribution is -2.23. The normalized spacial score (nSPS) is 15.6. The Morgan fingerprint density at radius 3 is 2.57 bits per heavy atom. The number of halogens is 4. The number of anilines is 2. The Balaban J connectivity index is 1.61. The molecule has 0 saturated carbocycles. The molecule has 0 radical (unpaired) electrons. The lowest BCUT2D eigenvalue weighted by Gasteiger charge is -2.17. The first kappa shape index (κ1) is 29.3. The van der Waals surface area contributed by atoms with E-state index in [4.69, 9.17) is 21.1 Å². The third-order valence-electron chi connectivity index (χ3n) is 6.77. The number of hydrogen-bond donors (Lipinski definition) is 1. The SMILES string of the molecule is COC(=O)c1cc(-c2cnc(Nc3ccc(C)c(Cl)c3)nc2-n2nc(C(F)(F)F)cc2C)cnc1OC1CCN(C)C1. The van der Waals surface area contributed by atoms with Gasteiger partial charge in [-0.15, -0.1) is 0 Å². The molecule has 0 aliphatic carbocycles. The van der Waals surface area contributed by atoms with Gasteiger partial charge in [-0.1, -0.05) is 17.7 Å². The van der Waals surface area contributed by atoms with Crippen molar-refractivity contribution < 1.29 is 27.4 Å². The Morgan fingerprint density at radius 1 is 1.14 bits per heavy atom. The minimum atomic E-state index is -4.67. The zero-order chi connectivity index (χ0) is 30.2. The van der Waals surface area contributed by atoms with E-state index in [9.17, 15) is 18.0 Å². The average molecular weight is 602 g/mol. The minimum Gasteiger partial charge on any atom is -0.472 e. The summed E-state index contributed by atoms with van der Waals surface area (Å²) in [5.41, 5.74) is 1.21. The van der Waals surface area contributed by atoms with Crippen molar-refractivity contribution in [2.45, 2.75) is 32.5 Å². The molecule has 1 aliphatic heterocycles. The monoisotopic (exact) mass is 601 g/mol. The fourth-order valence-corrected chi connectivity index (χ4v) is 4.70. The van der Waals surface area contributed by atoms with Crippen LogP contribution >= 0.6 is 11.6 Å². The summed E-state index contributed by atoms with van der Waals surface area (Å²) in [6.45, 7) is 4.85. The zero-order valence-corrected chi connectivity index (χ0v) is 23.9. The van der Waals surface area contributed by atoms with Gasteiger partial charge in [-0.05, 0) is 57.1 Å². The lowest BCUT2D eigenvalue weighted by molar-refractivity contribution is -0.141. The van der Waals surface area contributed by atoms with Gasteiger partial charge in [-0.2, -0.15) is 23.3 Å². The highest BCUT2D eigenvalue weighted by Gasteiger charge is 2.35. The molecule has 0 spiro atoms. The van der Waals surface area contributed by atoms with Gasteiger partial charge in [0, 0.05) is 53.0 Å². The quantitative estimate of drug-likeness (QED) is 0.270. The van der Waals surface area contributed by atoms with Crippen molar-refractivity contribution in [3.05, 3.63) is 70.3 Å². The van der Waals surface area contributed by atoms with Gasteiger partial charge >= 0.3 is 12.1 Å². The molecule has 4 heterocycles. The predicted molar refractivity (Wildman–Crippen MR) is 149 cm³/mol. The van der Waals surface area contributed by atoms with E-state index in [0.29, 0.717) is 22.8 Å². The number of aryl methyl sites for hydroxylation is 2. The fourth-order valence-electron chi connectivity index (χ4n) is 4.52. The molecule has 1 aliphatic rings. The maximum atomic E-state index is 13.6. The van der Waals surface area contributed by atoms with Gasteiger partial charge in [0.15, 0.2) is 11.5 Å². The molecule has 1 fully saturated rings. The van der Waals surface area contributed by atoms with Crippen LogP contribution < -0.4 is 10.1 Å². The maximum Gasteiger partial charge on any atom is 0.435 e. The number of esters is 1. The number of nitrogens with zero attached hydrogens (tertiary/aromatic N) is 6. The highest BCUT2D eigenvalue weighted by Crippen LogP contribution is 2.34. The number of ether oxygens (including phenoxy) is 2.